The lowest BCUT2D eigenvalue weighted by molar-refractivity contribution is -0.921. The lowest BCUT2D eigenvalue weighted by atomic mass is 10.1. The number of morpholine rings is 1. The Labute approximate surface area is 155 Å². The quantitative estimate of drug-likeness (QED) is 0.697. The van der Waals surface area contributed by atoms with E-state index in [1.165, 1.54) is 11.2 Å². The van der Waals surface area contributed by atoms with Crippen LogP contribution in [-0.2, 0) is 11.3 Å². The van der Waals surface area contributed by atoms with Crippen LogP contribution in [0.15, 0.2) is 36.0 Å². The number of fused-ring (bicyclic) bond motifs is 1. The molecule has 2 aromatic heterocycles. The zero-order valence-corrected chi connectivity index (χ0v) is 15.3. The molecular weight excluding hydrogens is 350 g/mol. The van der Waals surface area contributed by atoms with E-state index in [0.717, 1.165) is 54.4 Å². The molecule has 134 valence electrons. The van der Waals surface area contributed by atoms with Gasteiger partial charge in [0.15, 0.2) is 5.78 Å². The van der Waals surface area contributed by atoms with E-state index < -0.39 is 0 Å². The summed E-state index contributed by atoms with van der Waals surface area (Å²) in [6, 6.07) is 7.58. The van der Waals surface area contributed by atoms with Crippen molar-refractivity contribution in [3.8, 4) is 11.6 Å². The van der Waals surface area contributed by atoms with Crippen LogP contribution in [0.1, 0.15) is 22.8 Å². The molecule has 26 heavy (non-hydrogen) atoms. The van der Waals surface area contributed by atoms with Crippen molar-refractivity contribution in [1.29, 1.82) is 0 Å². The summed E-state index contributed by atoms with van der Waals surface area (Å²) < 4.78 is 11.6. The van der Waals surface area contributed by atoms with E-state index in [-0.39, 0.29) is 5.78 Å². The average molecular weight is 370 g/mol. The van der Waals surface area contributed by atoms with Gasteiger partial charge < -0.3 is 14.4 Å². The van der Waals surface area contributed by atoms with Crippen molar-refractivity contribution >= 4 is 27.3 Å². The number of rotatable bonds is 5. The van der Waals surface area contributed by atoms with E-state index in [1.54, 1.807) is 18.3 Å². The molecule has 0 saturated carbocycles. The first-order chi connectivity index (χ1) is 12.7. The van der Waals surface area contributed by atoms with Crippen molar-refractivity contribution < 1.29 is 19.2 Å². The highest BCUT2D eigenvalue weighted by molar-refractivity contribution is 7.16. The highest BCUT2D eigenvalue weighted by Crippen LogP contribution is 2.31. The van der Waals surface area contributed by atoms with E-state index in [4.69, 9.17) is 9.47 Å². The van der Waals surface area contributed by atoms with Gasteiger partial charge in [0.05, 0.1) is 18.6 Å². The highest BCUT2D eigenvalue weighted by atomic mass is 32.1. The number of quaternary nitrogens is 1. The first kappa shape index (κ1) is 17.1. The number of aromatic nitrogens is 2. The van der Waals surface area contributed by atoms with Crippen LogP contribution in [0.25, 0.3) is 10.2 Å². The van der Waals surface area contributed by atoms with Crippen molar-refractivity contribution in [3.05, 3.63) is 47.1 Å². The maximum atomic E-state index is 11.8. The third-order valence-corrected chi connectivity index (χ3v) is 5.36. The van der Waals surface area contributed by atoms with Gasteiger partial charge in [-0.2, -0.15) is 0 Å². The summed E-state index contributed by atoms with van der Waals surface area (Å²) in [4.78, 5) is 22.7. The molecule has 3 aromatic rings. The molecule has 7 heteroatoms. The fraction of sp³-hybridized carbons (Fsp3) is 0.316. The SMILES string of the molecule is CC(=O)c1ccc(Oc2ncnc3sccc23)c(C[NH+]2CCOCC2)c1. The van der Waals surface area contributed by atoms with Gasteiger partial charge in [0.2, 0.25) is 5.88 Å². The summed E-state index contributed by atoms with van der Waals surface area (Å²) in [6.07, 6.45) is 1.52. The maximum absolute atomic E-state index is 11.8. The van der Waals surface area contributed by atoms with Crippen LogP contribution < -0.4 is 9.64 Å². The summed E-state index contributed by atoms with van der Waals surface area (Å²) >= 11 is 1.56. The fourth-order valence-electron chi connectivity index (χ4n) is 3.10. The van der Waals surface area contributed by atoms with Gasteiger partial charge >= 0.3 is 0 Å². The van der Waals surface area contributed by atoms with Crippen molar-refractivity contribution in [2.45, 2.75) is 13.5 Å². The lowest BCUT2D eigenvalue weighted by Gasteiger charge is -2.24. The number of hydrogen-bond donors (Lipinski definition) is 1. The Morgan fingerprint density at radius 2 is 2.12 bits per heavy atom. The maximum Gasteiger partial charge on any atom is 0.231 e. The van der Waals surface area contributed by atoms with E-state index in [2.05, 4.69) is 9.97 Å². The minimum absolute atomic E-state index is 0.0528. The number of benzene rings is 1. The van der Waals surface area contributed by atoms with Crippen molar-refractivity contribution in [2.24, 2.45) is 0 Å². The predicted octanol–water partition coefficient (Wildman–Crippen LogP) is 2.10. The van der Waals surface area contributed by atoms with Gasteiger partial charge in [-0.25, -0.2) is 9.97 Å². The molecule has 1 aliphatic rings. The van der Waals surface area contributed by atoms with E-state index in [0.29, 0.717) is 11.4 Å². The standard InChI is InChI=1S/C19H19N3O3S/c1-13(23)14-2-3-17(15(10-14)11-22-5-7-24-8-6-22)25-18-16-4-9-26-19(16)21-12-20-18/h2-4,9-10,12H,5-8,11H2,1H3/p+1. The van der Waals surface area contributed by atoms with E-state index in [9.17, 15) is 4.79 Å². The van der Waals surface area contributed by atoms with Crippen LogP contribution in [0.4, 0.5) is 0 Å². The monoisotopic (exact) mass is 370 g/mol. The Kier molecular flexibility index (Phi) is 4.92. The number of hydrogen-bond acceptors (Lipinski definition) is 6. The number of carbonyl (C=O) groups is 1. The highest BCUT2D eigenvalue weighted by Gasteiger charge is 2.19. The van der Waals surface area contributed by atoms with Crippen molar-refractivity contribution in [1.82, 2.24) is 9.97 Å². The number of ketones is 1. The van der Waals surface area contributed by atoms with Gasteiger partial charge in [-0.1, -0.05) is 0 Å². The number of nitrogens with zero attached hydrogens (tertiary/aromatic N) is 2. The van der Waals surface area contributed by atoms with Crippen LogP contribution in [-0.4, -0.2) is 42.1 Å². The van der Waals surface area contributed by atoms with Gasteiger partial charge in [-0.15, -0.1) is 11.3 Å². The van der Waals surface area contributed by atoms with Gasteiger partial charge in [-0.05, 0) is 36.6 Å². The van der Waals surface area contributed by atoms with Gasteiger partial charge in [0.25, 0.3) is 0 Å². The molecule has 0 aliphatic carbocycles. The molecule has 1 fully saturated rings. The summed E-state index contributed by atoms with van der Waals surface area (Å²) in [6.45, 7) is 5.80. The molecule has 6 nitrogen and oxygen atoms in total. The molecule has 0 spiro atoms. The summed E-state index contributed by atoms with van der Waals surface area (Å²) in [7, 11) is 0. The number of nitrogens with one attached hydrogen (secondary N) is 1. The summed E-state index contributed by atoms with van der Waals surface area (Å²) in [5.74, 6) is 1.34. The number of thiophene rings is 1. The lowest BCUT2D eigenvalue weighted by Crippen LogP contribution is -3.12. The van der Waals surface area contributed by atoms with Crippen LogP contribution in [0.3, 0.4) is 0 Å². The van der Waals surface area contributed by atoms with Crippen LogP contribution in [0.2, 0.25) is 0 Å². The minimum atomic E-state index is 0.0528. The first-order valence-electron chi connectivity index (χ1n) is 8.62. The molecule has 1 saturated heterocycles. The van der Waals surface area contributed by atoms with Crippen molar-refractivity contribution in [2.75, 3.05) is 26.3 Å². The van der Waals surface area contributed by atoms with Crippen LogP contribution in [0, 0.1) is 0 Å². The van der Waals surface area contributed by atoms with E-state index in [1.807, 2.05) is 29.6 Å². The van der Waals surface area contributed by atoms with Gasteiger partial charge in [0.1, 0.15) is 36.5 Å². The molecule has 3 heterocycles. The Bertz CT molecular complexity index is 935. The largest absolute Gasteiger partial charge is 0.438 e. The molecule has 1 aliphatic heterocycles. The first-order valence-corrected chi connectivity index (χ1v) is 9.50. The smallest absolute Gasteiger partial charge is 0.231 e. The second-order valence-electron chi connectivity index (χ2n) is 6.34. The molecule has 0 amide bonds. The number of carbonyl (C=O) groups excluding carboxylic acids is 1. The third kappa shape index (κ3) is 3.60. The second-order valence-corrected chi connectivity index (χ2v) is 7.23. The second kappa shape index (κ2) is 7.49. The Hall–Kier alpha value is -2.35. The Balaban J connectivity index is 1.67. The average Bonchev–Trinajstić information content (AvgIpc) is 3.13. The van der Waals surface area contributed by atoms with Crippen LogP contribution >= 0.6 is 11.3 Å². The van der Waals surface area contributed by atoms with Gasteiger partial charge in [-0.3, -0.25) is 4.79 Å². The van der Waals surface area contributed by atoms with E-state index >= 15 is 0 Å². The molecule has 0 bridgehead atoms. The zero-order chi connectivity index (χ0) is 17.9. The minimum Gasteiger partial charge on any atom is -0.438 e. The molecule has 4 rings (SSSR count). The normalized spacial score (nSPS) is 15.3. The Morgan fingerprint density at radius 1 is 1.27 bits per heavy atom. The zero-order valence-electron chi connectivity index (χ0n) is 14.5. The number of ether oxygens (including phenoxy) is 2. The molecule has 0 unspecified atom stereocenters. The van der Waals surface area contributed by atoms with Crippen molar-refractivity contribution in [3.63, 3.8) is 0 Å². The molecular formula is C19H20N3O3S+. The summed E-state index contributed by atoms with van der Waals surface area (Å²) in [5.41, 5.74) is 1.71. The molecule has 0 atom stereocenters. The predicted molar refractivity (Wildman–Crippen MR) is 99.2 cm³/mol. The fourth-order valence-corrected chi connectivity index (χ4v) is 3.82. The van der Waals surface area contributed by atoms with Crippen LogP contribution in [0.5, 0.6) is 11.6 Å². The third-order valence-electron chi connectivity index (χ3n) is 4.54. The topological polar surface area (TPSA) is 65.8 Å². The van der Waals surface area contributed by atoms with Gasteiger partial charge in [0, 0.05) is 11.1 Å². The Morgan fingerprint density at radius 3 is 2.92 bits per heavy atom. The molecule has 0 radical (unpaired) electrons. The number of Topliss-reactive ketones (excluding diaryl/α,β-unsaturated/α-hetero) is 1. The molecule has 1 aromatic carbocycles. The summed E-state index contributed by atoms with van der Waals surface area (Å²) in [5, 5.41) is 2.88. The molecule has 1 N–H and O–H groups in total.